The van der Waals surface area contributed by atoms with Gasteiger partial charge in [0.25, 0.3) is 0 Å². The molecule has 11 unspecified atom stereocenters. The van der Waals surface area contributed by atoms with Crippen molar-refractivity contribution in [3.63, 3.8) is 0 Å². The zero-order valence-electron chi connectivity index (χ0n) is 31.6. The van der Waals surface area contributed by atoms with Gasteiger partial charge in [-0.1, -0.05) is 13.8 Å². The maximum absolute atomic E-state index is 13.6. The molecule has 0 aromatic carbocycles. The Morgan fingerprint density at radius 2 is 1.31 bits per heavy atom. The van der Waals surface area contributed by atoms with Crippen LogP contribution in [0.2, 0.25) is 0 Å². The first-order valence-electron chi connectivity index (χ1n) is 17.8. The first-order chi connectivity index (χ1) is 25.5. The maximum Gasteiger partial charge on any atom is 0.326 e. The number of amides is 5. The Hall–Kier alpha value is -4.93. The standard InChI is InChI=1S/C33H57N9O13/c1-13(2)18(9-17-10-19(17)26(48)24(34)15(4)44)28(50)39-20(7-6-8-37-33(35)36)29(51)42-25(16(5)45)31(53)41-22(12-43)30(52)38-14(3)27(49)40-21(32(54)55)11-23(46)47/h13-22,24-25,43-45H,6-12,34H2,1-5H3,(H,38,52)(H,39,50)(H,40,49)(H,41,53)(H,42,51)(H,46,47)(H,54,55)(H4,35,36,37). The second-order valence-electron chi connectivity index (χ2n) is 14.1. The van der Waals surface area contributed by atoms with Gasteiger partial charge in [0.2, 0.25) is 29.5 Å². The van der Waals surface area contributed by atoms with Crippen LogP contribution in [-0.2, 0) is 38.4 Å². The first-order valence-corrected chi connectivity index (χ1v) is 17.8. The Balaban J connectivity index is 3.10. The molecule has 0 radical (unpaired) electrons. The monoisotopic (exact) mass is 787 g/mol. The zero-order chi connectivity index (χ0) is 42.3. The van der Waals surface area contributed by atoms with E-state index in [1.165, 1.54) is 6.92 Å². The summed E-state index contributed by atoms with van der Waals surface area (Å²) in [5.74, 6) is -9.93. The van der Waals surface area contributed by atoms with Crippen LogP contribution in [0.3, 0.4) is 0 Å². The summed E-state index contributed by atoms with van der Waals surface area (Å²) in [6.07, 6.45) is -2.64. The predicted octanol–water partition coefficient (Wildman–Crippen LogP) is -5.01. The van der Waals surface area contributed by atoms with Crippen molar-refractivity contribution in [2.45, 2.75) is 115 Å². The minimum Gasteiger partial charge on any atom is -0.481 e. The summed E-state index contributed by atoms with van der Waals surface area (Å²) in [6.45, 7) is 6.32. The van der Waals surface area contributed by atoms with Crippen LogP contribution in [0.15, 0.2) is 4.99 Å². The summed E-state index contributed by atoms with van der Waals surface area (Å²) < 4.78 is 0. The number of aliphatic hydroxyl groups is 3. The molecule has 1 aliphatic carbocycles. The number of nitrogens with two attached hydrogens (primary N) is 3. The summed E-state index contributed by atoms with van der Waals surface area (Å²) in [6, 6.07) is -9.10. The minimum absolute atomic E-state index is 0.0298. The number of carboxylic acid groups (broad SMARTS) is 2. The van der Waals surface area contributed by atoms with Crippen LogP contribution in [0.25, 0.3) is 0 Å². The lowest BCUT2D eigenvalue weighted by Gasteiger charge is -2.28. The van der Waals surface area contributed by atoms with E-state index in [2.05, 4.69) is 26.3 Å². The lowest BCUT2D eigenvalue weighted by molar-refractivity contribution is -0.147. The van der Waals surface area contributed by atoms with Gasteiger partial charge >= 0.3 is 11.9 Å². The molecule has 0 spiro atoms. The van der Waals surface area contributed by atoms with Crippen LogP contribution in [0.1, 0.15) is 66.7 Å². The molecule has 0 heterocycles. The summed E-state index contributed by atoms with van der Waals surface area (Å²) in [4.78, 5) is 104. The molecule has 22 heteroatoms. The van der Waals surface area contributed by atoms with Crippen LogP contribution in [0.5, 0.6) is 0 Å². The normalized spacial score (nSPS) is 19.7. The number of hydrogen-bond donors (Lipinski definition) is 13. The average Bonchev–Trinajstić information content (AvgIpc) is 3.86. The highest BCUT2D eigenvalue weighted by molar-refractivity contribution is 5.96. The number of carbonyl (C=O) groups is 8. The number of aliphatic hydroxyl groups excluding tert-OH is 3. The highest BCUT2D eigenvalue weighted by Gasteiger charge is 2.47. The fraction of sp³-hybridized carbons (Fsp3) is 0.727. The minimum atomic E-state index is -1.81. The molecular weight excluding hydrogens is 730 g/mol. The van der Waals surface area contributed by atoms with Gasteiger partial charge in [0.1, 0.15) is 30.2 Å². The number of Topliss-reactive ketones (excluding diaryl/α,β-unsaturated/α-hetero) is 1. The van der Waals surface area contributed by atoms with Crippen LogP contribution in [-0.4, -0.2) is 140 Å². The van der Waals surface area contributed by atoms with Crippen molar-refractivity contribution in [3.05, 3.63) is 0 Å². The molecule has 11 atom stereocenters. The third kappa shape index (κ3) is 16.1. The first kappa shape index (κ1) is 48.1. The summed E-state index contributed by atoms with van der Waals surface area (Å²) in [5.41, 5.74) is 16.6. The van der Waals surface area contributed by atoms with E-state index in [0.29, 0.717) is 12.8 Å². The molecule has 1 aliphatic rings. The molecule has 0 bridgehead atoms. The third-order valence-electron chi connectivity index (χ3n) is 9.04. The smallest absolute Gasteiger partial charge is 0.326 e. The lowest BCUT2D eigenvalue weighted by Crippen LogP contribution is -2.61. The fourth-order valence-corrected chi connectivity index (χ4v) is 5.57. The van der Waals surface area contributed by atoms with E-state index >= 15 is 0 Å². The molecule has 312 valence electrons. The van der Waals surface area contributed by atoms with Crippen LogP contribution < -0.4 is 43.8 Å². The summed E-state index contributed by atoms with van der Waals surface area (Å²) >= 11 is 0. The topological polar surface area (TPSA) is 388 Å². The number of hydrogen-bond acceptors (Lipinski definition) is 13. The van der Waals surface area contributed by atoms with Crippen LogP contribution >= 0.6 is 0 Å². The number of ketones is 1. The second kappa shape index (κ2) is 22.4. The second-order valence-corrected chi connectivity index (χ2v) is 14.1. The summed E-state index contributed by atoms with van der Waals surface area (Å²) in [7, 11) is 0. The molecule has 0 aromatic heterocycles. The van der Waals surface area contributed by atoms with Crippen molar-refractivity contribution in [2.24, 2.45) is 45.9 Å². The van der Waals surface area contributed by atoms with Crippen molar-refractivity contribution in [1.82, 2.24) is 26.6 Å². The van der Waals surface area contributed by atoms with Crippen molar-refractivity contribution in [1.29, 1.82) is 0 Å². The molecule has 0 aromatic rings. The van der Waals surface area contributed by atoms with E-state index in [-0.39, 0.29) is 43.0 Å². The fourth-order valence-electron chi connectivity index (χ4n) is 5.57. The van der Waals surface area contributed by atoms with Gasteiger partial charge in [0.15, 0.2) is 11.7 Å². The SMILES string of the molecule is CC(NC(=O)C(CO)NC(=O)C(NC(=O)C(CCCN=C(N)N)NC(=O)C(CC1CC1C(=O)C(N)C(C)O)C(C)C)C(C)O)C(=O)NC(CC(=O)O)C(=O)O. The van der Waals surface area contributed by atoms with Crippen molar-refractivity contribution in [3.8, 4) is 0 Å². The quantitative estimate of drug-likeness (QED) is 0.0234. The number of aliphatic carboxylic acids is 2. The van der Waals surface area contributed by atoms with Gasteiger partial charge in [-0.2, -0.15) is 0 Å². The number of nitrogens with zero attached hydrogens (tertiary/aromatic N) is 1. The molecule has 5 amide bonds. The van der Waals surface area contributed by atoms with E-state index < -0.39 is 115 Å². The van der Waals surface area contributed by atoms with Crippen molar-refractivity contribution in [2.75, 3.05) is 13.2 Å². The Kier molecular flexibility index (Phi) is 19.6. The highest BCUT2D eigenvalue weighted by Crippen LogP contribution is 2.45. The van der Waals surface area contributed by atoms with Crippen molar-refractivity contribution < 1.29 is 63.9 Å². The number of guanidine groups is 1. The number of nitrogens with one attached hydrogen (secondary N) is 5. The van der Waals surface area contributed by atoms with Gasteiger partial charge < -0.3 is 69.3 Å². The molecule has 55 heavy (non-hydrogen) atoms. The Morgan fingerprint density at radius 1 is 0.745 bits per heavy atom. The van der Waals surface area contributed by atoms with Gasteiger partial charge in [-0.05, 0) is 58.3 Å². The predicted molar refractivity (Wildman–Crippen MR) is 193 cm³/mol. The number of rotatable bonds is 25. The maximum atomic E-state index is 13.6. The Bertz CT molecular complexity index is 1420. The van der Waals surface area contributed by atoms with Gasteiger partial charge in [-0.3, -0.25) is 38.6 Å². The molecule has 1 fully saturated rings. The number of carboxylic acids is 2. The van der Waals surface area contributed by atoms with Gasteiger partial charge in [-0.25, -0.2) is 4.79 Å². The molecule has 16 N–H and O–H groups in total. The Labute approximate surface area is 317 Å². The lowest BCUT2D eigenvalue weighted by atomic mass is 9.88. The zero-order valence-corrected chi connectivity index (χ0v) is 31.6. The molecule has 0 saturated heterocycles. The van der Waals surface area contributed by atoms with E-state index in [9.17, 15) is 53.7 Å². The Morgan fingerprint density at radius 3 is 1.80 bits per heavy atom. The molecular formula is C33H57N9O13. The van der Waals surface area contributed by atoms with E-state index in [1.807, 2.05) is 5.32 Å². The molecule has 1 saturated carbocycles. The largest absolute Gasteiger partial charge is 0.481 e. The van der Waals surface area contributed by atoms with Crippen LogP contribution in [0, 0.1) is 23.7 Å². The highest BCUT2D eigenvalue weighted by atomic mass is 16.4. The number of carbonyl (C=O) groups excluding carboxylic acids is 6. The molecule has 0 aliphatic heterocycles. The van der Waals surface area contributed by atoms with Gasteiger partial charge in [0.05, 0.1) is 31.3 Å². The van der Waals surface area contributed by atoms with Gasteiger partial charge in [-0.15, -0.1) is 0 Å². The van der Waals surface area contributed by atoms with E-state index in [4.69, 9.17) is 27.4 Å². The average molecular weight is 788 g/mol. The van der Waals surface area contributed by atoms with Crippen molar-refractivity contribution >= 4 is 53.2 Å². The third-order valence-corrected chi connectivity index (χ3v) is 9.04. The van der Waals surface area contributed by atoms with Gasteiger partial charge in [0, 0.05) is 18.4 Å². The van der Waals surface area contributed by atoms with E-state index in [0.717, 1.165) is 13.8 Å². The number of aliphatic imine (C=N–C) groups is 1. The van der Waals surface area contributed by atoms with Crippen LogP contribution in [0.4, 0.5) is 0 Å². The summed E-state index contributed by atoms with van der Waals surface area (Å²) in [5, 5.41) is 59.3. The molecule has 22 nitrogen and oxygen atoms in total. The molecule has 1 rings (SSSR count). The van der Waals surface area contributed by atoms with E-state index in [1.54, 1.807) is 13.8 Å².